The summed E-state index contributed by atoms with van der Waals surface area (Å²) < 4.78 is 42.3. The molecule has 0 atom stereocenters. The van der Waals surface area contributed by atoms with Gasteiger partial charge in [0, 0.05) is 0 Å². The molecular formula is C4H16NO12P4+. The molecule has 0 fully saturated rings. The topological polar surface area (TPSA) is 230 Å². The summed E-state index contributed by atoms with van der Waals surface area (Å²) in [5.41, 5.74) is 0. The minimum absolute atomic E-state index is 1.55. The Hall–Kier alpha value is 0.560. The zero-order valence-electron chi connectivity index (χ0n) is 10.3. The van der Waals surface area contributed by atoms with Crippen molar-refractivity contribution in [3.8, 4) is 0 Å². The van der Waals surface area contributed by atoms with Crippen LogP contribution in [0, 0.1) is 0 Å². The summed E-state index contributed by atoms with van der Waals surface area (Å²) in [4.78, 5) is 71.0. The molecule has 0 spiro atoms. The van der Waals surface area contributed by atoms with Crippen molar-refractivity contribution in [2.75, 3.05) is 25.1 Å². The van der Waals surface area contributed by atoms with Gasteiger partial charge in [-0.15, -0.1) is 0 Å². The number of rotatable bonds is 8. The molecule has 128 valence electrons. The van der Waals surface area contributed by atoms with E-state index in [2.05, 4.69) is 0 Å². The summed E-state index contributed by atoms with van der Waals surface area (Å²) >= 11 is 0. The van der Waals surface area contributed by atoms with Gasteiger partial charge in [-0.2, -0.15) is 0 Å². The largest absolute Gasteiger partial charge is 0.379 e. The second-order valence-electron chi connectivity index (χ2n) is 4.57. The summed E-state index contributed by atoms with van der Waals surface area (Å²) in [7, 11) is -20.4. The molecule has 0 aliphatic carbocycles. The lowest BCUT2D eigenvalue weighted by molar-refractivity contribution is -0.887. The zero-order chi connectivity index (χ0) is 17.3. The van der Waals surface area contributed by atoms with E-state index in [4.69, 9.17) is 39.1 Å². The number of hydrogen-bond donors (Lipinski definition) is 8. The van der Waals surface area contributed by atoms with E-state index < -0.39 is 60.0 Å². The fraction of sp³-hybridized carbons (Fsp3) is 1.00. The predicted octanol–water partition coefficient (Wildman–Crippen LogP) is -1.66. The molecule has 0 aromatic rings. The highest BCUT2D eigenvalue weighted by molar-refractivity contribution is 7.54. The molecule has 0 aliphatic rings. The van der Waals surface area contributed by atoms with Crippen LogP contribution < -0.4 is 0 Å². The van der Waals surface area contributed by atoms with E-state index in [1.165, 1.54) is 0 Å². The zero-order valence-corrected chi connectivity index (χ0v) is 13.9. The van der Waals surface area contributed by atoms with Crippen LogP contribution in [-0.4, -0.2) is 68.8 Å². The van der Waals surface area contributed by atoms with E-state index in [1.807, 2.05) is 0 Å². The van der Waals surface area contributed by atoms with Crippen molar-refractivity contribution in [3.63, 3.8) is 0 Å². The first-order valence-corrected chi connectivity index (χ1v) is 12.1. The van der Waals surface area contributed by atoms with Gasteiger partial charge in [0.15, 0.2) is 25.1 Å². The lowest BCUT2D eigenvalue weighted by Gasteiger charge is -2.37. The third-order valence-corrected chi connectivity index (χ3v) is 5.81. The molecule has 0 radical (unpaired) electrons. The fourth-order valence-corrected chi connectivity index (χ4v) is 7.10. The highest BCUT2D eigenvalue weighted by atomic mass is 31.2. The first-order valence-electron chi connectivity index (χ1n) is 4.86. The Labute approximate surface area is 118 Å². The molecule has 0 aliphatic heterocycles. The van der Waals surface area contributed by atoms with Gasteiger partial charge in [-0.3, -0.25) is 22.7 Å². The van der Waals surface area contributed by atoms with Gasteiger partial charge in [0.1, 0.15) is 0 Å². The average molecular weight is 394 g/mol. The van der Waals surface area contributed by atoms with Crippen LogP contribution in [0.3, 0.4) is 0 Å². The number of hydrogen-bond acceptors (Lipinski definition) is 4. The third kappa shape index (κ3) is 11.7. The summed E-state index contributed by atoms with van der Waals surface area (Å²) in [6.45, 7) is 0. The standard InChI is InChI=1S/C4H15NO12P4/c6-18(7,8)1-5(2-19(9,10)11,3-20(12,13)14)4-21(15,16)17/h1-4H2,(H7-,6,7,8,9,10,11,12,13,14,15,16,17)/p+1. The van der Waals surface area contributed by atoms with Crippen molar-refractivity contribution in [1.29, 1.82) is 0 Å². The Bertz CT molecular complexity index is 446. The highest BCUT2D eigenvalue weighted by Crippen LogP contribution is 2.53. The maximum Gasteiger partial charge on any atom is 0.379 e. The first-order chi connectivity index (χ1) is 8.83. The lowest BCUT2D eigenvalue weighted by Crippen LogP contribution is -2.50. The van der Waals surface area contributed by atoms with E-state index >= 15 is 0 Å². The van der Waals surface area contributed by atoms with Gasteiger partial charge in [-0.1, -0.05) is 0 Å². The van der Waals surface area contributed by atoms with Crippen molar-refractivity contribution in [2.45, 2.75) is 0 Å². The Morgan fingerprint density at radius 3 is 0.714 bits per heavy atom. The normalized spacial score (nSPS) is 15.2. The van der Waals surface area contributed by atoms with E-state index in [1.54, 1.807) is 0 Å². The molecule has 0 saturated heterocycles. The summed E-state index contributed by atoms with van der Waals surface area (Å²) in [5, 5.41) is 0. The van der Waals surface area contributed by atoms with E-state index in [0.717, 1.165) is 0 Å². The Balaban J connectivity index is 5.93. The molecule has 0 heterocycles. The predicted molar refractivity (Wildman–Crippen MR) is 67.9 cm³/mol. The number of quaternary nitrogens is 1. The quantitative estimate of drug-likeness (QED) is 0.171. The summed E-state index contributed by atoms with van der Waals surface area (Å²) in [6.07, 6.45) is -6.19. The monoisotopic (exact) mass is 394 g/mol. The van der Waals surface area contributed by atoms with Crippen molar-refractivity contribution < 1.29 is 61.9 Å². The molecule has 0 unspecified atom stereocenters. The maximum atomic E-state index is 11.0. The van der Waals surface area contributed by atoms with Gasteiger partial charge in [0.2, 0.25) is 0 Å². The van der Waals surface area contributed by atoms with Crippen molar-refractivity contribution >= 4 is 30.4 Å². The molecule has 0 saturated carbocycles. The van der Waals surface area contributed by atoms with Gasteiger partial charge in [-0.25, -0.2) is 0 Å². The molecule has 8 N–H and O–H groups in total. The van der Waals surface area contributed by atoms with Crippen LogP contribution in [0.1, 0.15) is 0 Å². The number of nitrogens with zero attached hydrogens (tertiary/aromatic N) is 1. The Kier molecular flexibility index (Phi) is 6.76. The molecule has 0 bridgehead atoms. The minimum Gasteiger partial charge on any atom is -0.321 e. The SMILES string of the molecule is O=P(O)(O)C[N+](CP(=O)(O)O)(CP(=O)(O)O)CP(=O)(O)O. The van der Waals surface area contributed by atoms with Gasteiger partial charge < -0.3 is 39.1 Å². The Morgan fingerprint density at radius 1 is 0.476 bits per heavy atom. The Morgan fingerprint density at radius 2 is 0.619 bits per heavy atom. The molecule has 17 heteroatoms. The smallest absolute Gasteiger partial charge is 0.321 e. The van der Waals surface area contributed by atoms with Crippen LogP contribution in [0.25, 0.3) is 0 Å². The van der Waals surface area contributed by atoms with Crippen LogP contribution in [0.15, 0.2) is 0 Å². The molecule has 0 rings (SSSR count). The van der Waals surface area contributed by atoms with E-state index in [-0.39, 0.29) is 0 Å². The van der Waals surface area contributed by atoms with Gasteiger partial charge >= 0.3 is 30.4 Å². The van der Waals surface area contributed by atoms with Crippen LogP contribution in [0.2, 0.25) is 0 Å². The molecular weight excluding hydrogens is 378 g/mol. The van der Waals surface area contributed by atoms with Crippen molar-refractivity contribution in [1.82, 2.24) is 0 Å². The first kappa shape index (κ1) is 21.6. The van der Waals surface area contributed by atoms with Crippen LogP contribution in [0.5, 0.6) is 0 Å². The summed E-state index contributed by atoms with van der Waals surface area (Å²) in [5.74, 6) is 0. The molecule has 13 nitrogen and oxygen atoms in total. The molecule has 21 heavy (non-hydrogen) atoms. The van der Waals surface area contributed by atoms with Gasteiger partial charge in [0.05, 0.1) is 0 Å². The minimum atomic E-state index is -5.10. The lowest BCUT2D eigenvalue weighted by atomic mass is 10.7. The molecule has 0 amide bonds. The average Bonchev–Trinajstić information content (AvgIpc) is 1.83. The summed E-state index contributed by atoms with van der Waals surface area (Å²) in [6, 6.07) is 0. The second-order valence-corrected chi connectivity index (χ2v) is 11.0. The molecule has 0 aromatic heterocycles. The van der Waals surface area contributed by atoms with Crippen molar-refractivity contribution in [2.24, 2.45) is 0 Å². The maximum absolute atomic E-state index is 11.0. The van der Waals surface area contributed by atoms with Gasteiger partial charge in [0.25, 0.3) is 0 Å². The second kappa shape index (κ2) is 6.59. The van der Waals surface area contributed by atoms with Crippen molar-refractivity contribution in [3.05, 3.63) is 0 Å². The highest BCUT2D eigenvalue weighted by Gasteiger charge is 2.48. The molecule has 0 aromatic carbocycles. The van der Waals surface area contributed by atoms with E-state index in [9.17, 15) is 18.3 Å². The van der Waals surface area contributed by atoms with E-state index in [0.29, 0.717) is 0 Å². The van der Waals surface area contributed by atoms with Crippen LogP contribution in [0.4, 0.5) is 0 Å². The van der Waals surface area contributed by atoms with Gasteiger partial charge in [-0.05, 0) is 0 Å². The van der Waals surface area contributed by atoms with Crippen LogP contribution in [-0.2, 0) is 18.3 Å². The van der Waals surface area contributed by atoms with Crippen LogP contribution >= 0.6 is 30.4 Å². The third-order valence-electron chi connectivity index (χ3n) is 1.94. The fourth-order valence-electron chi connectivity index (χ4n) is 1.83.